The van der Waals surface area contributed by atoms with Crippen molar-refractivity contribution >= 4 is 40.5 Å². The van der Waals surface area contributed by atoms with Crippen LogP contribution in [0.15, 0.2) is 42.5 Å². The van der Waals surface area contributed by atoms with Crippen LogP contribution in [-0.2, 0) is 0 Å². The highest BCUT2D eigenvalue weighted by Gasteiger charge is 2.15. The molecule has 0 spiro atoms. The zero-order chi connectivity index (χ0) is 16.8. The molecule has 0 aliphatic rings. The van der Waals surface area contributed by atoms with E-state index in [4.69, 9.17) is 28.3 Å². The molecule has 0 bridgehead atoms. The van der Waals surface area contributed by atoms with Crippen LogP contribution in [0.2, 0.25) is 10.0 Å². The Kier molecular flexibility index (Phi) is 6.24. The summed E-state index contributed by atoms with van der Waals surface area (Å²) in [7, 11) is 0. The van der Waals surface area contributed by atoms with Crippen LogP contribution >= 0.6 is 23.2 Å². The molecule has 0 aliphatic heterocycles. The molecule has 5 nitrogen and oxygen atoms in total. The van der Waals surface area contributed by atoms with Crippen LogP contribution in [0.25, 0.3) is 0 Å². The van der Waals surface area contributed by atoms with Gasteiger partial charge < -0.3 is 20.8 Å². The largest absolute Gasteiger partial charge is 0.394 e. The van der Waals surface area contributed by atoms with E-state index >= 15 is 0 Å². The first-order valence-electron chi connectivity index (χ1n) is 6.90. The first-order valence-corrected chi connectivity index (χ1v) is 7.65. The van der Waals surface area contributed by atoms with Gasteiger partial charge in [-0.2, -0.15) is 0 Å². The number of amides is 1. The van der Waals surface area contributed by atoms with Crippen LogP contribution < -0.4 is 10.6 Å². The van der Waals surface area contributed by atoms with Gasteiger partial charge in [0.1, 0.15) is 0 Å². The molecule has 0 aliphatic carbocycles. The van der Waals surface area contributed by atoms with E-state index in [-0.39, 0.29) is 19.1 Å². The number of hydrogen-bond acceptors (Lipinski definition) is 4. The maximum Gasteiger partial charge on any atom is 0.257 e. The lowest BCUT2D eigenvalue weighted by atomic mass is 10.1. The van der Waals surface area contributed by atoms with Crippen LogP contribution in [0.4, 0.5) is 11.4 Å². The summed E-state index contributed by atoms with van der Waals surface area (Å²) in [6, 6.07) is 11.8. The Morgan fingerprint density at radius 1 is 1.09 bits per heavy atom. The summed E-state index contributed by atoms with van der Waals surface area (Å²) in [5, 5.41) is 24.5. The molecule has 2 rings (SSSR count). The minimum atomic E-state index is -0.913. The predicted octanol–water partition coefficient (Wildman–Crippen LogP) is 3.01. The number of anilines is 2. The van der Waals surface area contributed by atoms with Crippen molar-refractivity contribution in [3.8, 4) is 0 Å². The van der Waals surface area contributed by atoms with E-state index in [1.165, 1.54) is 0 Å². The van der Waals surface area contributed by atoms with E-state index in [0.29, 0.717) is 27.0 Å². The molecule has 2 aromatic rings. The van der Waals surface area contributed by atoms with Crippen LogP contribution in [-0.4, -0.2) is 35.4 Å². The Morgan fingerprint density at radius 2 is 1.74 bits per heavy atom. The summed E-state index contributed by atoms with van der Waals surface area (Å²) in [5.41, 5.74) is 1.24. The molecule has 0 radical (unpaired) electrons. The molecule has 0 aromatic heterocycles. The minimum absolute atomic E-state index is 0.119. The van der Waals surface area contributed by atoms with Crippen molar-refractivity contribution in [2.24, 2.45) is 0 Å². The van der Waals surface area contributed by atoms with Crippen LogP contribution in [0.5, 0.6) is 0 Å². The predicted molar refractivity (Wildman–Crippen MR) is 92.4 cm³/mol. The van der Waals surface area contributed by atoms with E-state index in [1.807, 2.05) is 0 Å². The molecule has 0 heterocycles. The summed E-state index contributed by atoms with van der Waals surface area (Å²) < 4.78 is 0. The van der Waals surface area contributed by atoms with Crippen molar-refractivity contribution < 1.29 is 15.0 Å². The molecular weight excluding hydrogens is 339 g/mol. The molecule has 4 N–H and O–H groups in total. The van der Waals surface area contributed by atoms with E-state index < -0.39 is 6.10 Å². The summed E-state index contributed by atoms with van der Waals surface area (Å²) in [5.74, 6) is -0.387. The van der Waals surface area contributed by atoms with Gasteiger partial charge in [0.05, 0.1) is 34.0 Å². The van der Waals surface area contributed by atoms with E-state index in [2.05, 4.69) is 10.6 Å². The SMILES string of the molecule is O=C(Nc1c(Cl)cccc1Cl)c1ccccc1NCC(O)CO. The van der Waals surface area contributed by atoms with Crippen molar-refractivity contribution in [3.63, 3.8) is 0 Å². The first-order chi connectivity index (χ1) is 11.0. The Bertz CT molecular complexity index is 675. The number of benzene rings is 2. The normalized spacial score (nSPS) is 11.8. The lowest BCUT2D eigenvalue weighted by molar-refractivity contribution is 0.102. The van der Waals surface area contributed by atoms with Crippen LogP contribution in [0.3, 0.4) is 0 Å². The molecular formula is C16H16Cl2N2O3. The van der Waals surface area contributed by atoms with Crippen molar-refractivity contribution in [3.05, 3.63) is 58.1 Å². The van der Waals surface area contributed by atoms with Gasteiger partial charge >= 0.3 is 0 Å². The summed E-state index contributed by atoms with van der Waals surface area (Å²) in [4.78, 5) is 12.5. The summed E-state index contributed by atoms with van der Waals surface area (Å²) in [6.07, 6.45) is -0.913. The van der Waals surface area contributed by atoms with E-state index in [0.717, 1.165) is 0 Å². The van der Waals surface area contributed by atoms with Crippen LogP contribution in [0.1, 0.15) is 10.4 Å². The van der Waals surface area contributed by atoms with Gasteiger partial charge in [0.15, 0.2) is 0 Å². The molecule has 1 amide bonds. The molecule has 0 fully saturated rings. The lowest BCUT2D eigenvalue weighted by Crippen LogP contribution is -2.24. The quantitative estimate of drug-likeness (QED) is 0.642. The second-order valence-electron chi connectivity index (χ2n) is 4.81. The fourth-order valence-corrected chi connectivity index (χ4v) is 2.42. The Hall–Kier alpha value is -1.79. The fourth-order valence-electron chi connectivity index (χ4n) is 1.93. The molecule has 7 heteroatoms. The number of hydrogen-bond donors (Lipinski definition) is 4. The maximum absolute atomic E-state index is 12.5. The number of nitrogens with one attached hydrogen (secondary N) is 2. The number of para-hydroxylation sites is 2. The third kappa shape index (κ3) is 4.59. The second kappa shape index (κ2) is 8.17. The molecule has 2 aromatic carbocycles. The highest BCUT2D eigenvalue weighted by Crippen LogP contribution is 2.30. The van der Waals surface area contributed by atoms with Gasteiger partial charge in [-0.3, -0.25) is 4.79 Å². The second-order valence-corrected chi connectivity index (χ2v) is 5.63. The summed E-state index contributed by atoms with van der Waals surface area (Å²) in [6.45, 7) is -0.246. The van der Waals surface area contributed by atoms with Gasteiger partial charge in [0, 0.05) is 12.2 Å². The lowest BCUT2D eigenvalue weighted by Gasteiger charge is -2.15. The third-order valence-electron chi connectivity index (χ3n) is 3.11. The van der Waals surface area contributed by atoms with Gasteiger partial charge in [0.25, 0.3) is 5.91 Å². The molecule has 1 unspecified atom stereocenters. The maximum atomic E-state index is 12.5. The average molecular weight is 355 g/mol. The highest BCUT2D eigenvalue weighted by molar-refractivity contribution is 6.40. The Morgan fingerprint density at radius 3 is 2.39 bits per heavy atom. The molecule has 23 heavy (non-hydrogen) atoms. The Balaban J connectivity index is 2.19. The number of rotatable bonds is 6. The van der Waals surface area contributed by atoms with Gasteiger partial charge in [-0.15, -0.1) is 0 Å². The first kappa shape index (κ1) is 17.6. The van der Waals surface area contributed by atoms with Crippen molar-refractivity contribution in [2.75, 3.05) is 23.8 Å². The van der Waals surface area contributed by atoms with E-state index in [1.54, 1.807) is 42.5 Å². The number of aliphatic hydroxyl groups excluding tert-OH is 2. The fraction of sp³-hybridized carbons (Fsp3) is 0.188. The topological polar surface area (TPSA) is 81.6 Å². The molecule has 0 saturated heterocycles. The number of halogens is 2. The van der Waals surface area contributed by atoms with Crippen molar-refractivity contribution in [1.82, 2.24) is 0 Å². The summed E-state index contributed by atoms with van der Waals surface area (Å²) >= 11 is 12.1. The highest BCUT2D eigenvalue weighted by atomic mass is 35.5. The standard InChI is InChI=1S/C16H16Cl2N2O3/c17-12-5-3-6-13(18)15(12)20-16(23)11-4-1-2-7-14(11)19-8-10(22)9-21/h1-7,10,19,21-22H,8-9H2,(H,20,23). The van der Waals surface area contributed by atoms with Gasteiger partial charge in [0.2, 0.25) is 0 Å². The monoisotopic (exact) mass is 354 g/mol. The van der Waals surface area contributed by atoms with E-state index in [9.17, 15) is 9.90 Å². The zero-order valence-electron chi connectivity index (χ0n) is 12.1. The molecule has 1 atom stereocenters. The van der Waals surface area contributed by atoms with Crippen molar-refractivity contribution in [2.45, 2.75) is 6.10 Å². The zero-order valence-corrected chi connectivity index (χ0v) is 13.6. The number of aliphatic hydroxyl groups is 2. The smallest absolute Gasteiger partial charge is 0.257 e. The van der Waals surface area contributed by atoms with Gasteiger partial charge in [-0.05, 0) is 24.3 Å². The third-order valence-corrected chi connectivity index (χ3v) is 3.74. The van der Waals surface area contributed by atoms with Gasteiger partial charge in [-0.25, -0.2) is 0 Å². The molecule has 122 valence electrons. The molecule has 0 saturated carbocycles. The minimum Gasteiger partial charge on any atom is -0.394 e. The Labute approximate surface area is 143 Å². The van der Waals surface area contributed by atoms with Crippen LogP contribution in [0, 0.1) is 0 Å². The van der Waals surface area contributed by atoms with Crippen molar-refractivity contribution in [1.29, 1.82) is 0 Å². The number of carbonyl (C=O) groups is 1. The van der Waals surface area contributed by atoms with Gasteiger partial charge in [-0.1, -0.05) is 41.4 Å². The number of carbonyl (C=O) groups excluding carboxylic acids is 1. The average Bonchev–Trinajstić information content (AvgIpc) is 2.56.